The van der Waals surface area contributed by atoms with Crippen LogP contribution in [0.5, 0.6) is 0 Å². The third-order valence-electron chi connectivity index (χ3n) is 4.56. The molecule has 1 unspecified atom stereocenters. The van der Waals surface area contributed by atoms with E-state index in [0.29, 0.717) is 6.04 Å². The Kier molecular flexibility index (Phi) is 3.67. The molecule has 0 bridgehead atoms. The second-order valence-corrected chi connectivity index (χ2v) is 5.83. The average molecular weight is 244 g/mol. The number of hydrogen-bond acceptors (Lipinski definition) is 2. The van der Waals surface area contributed by atoms with E-state index in [2.05, 4.69) is 41.4 Å². The van der Waals surface area contributed by atoms with Crippen molar-refractivity contribution in [3.63, 3.8) is 0 Å². The van der Waals surface area contributed by atoms with Crippen LogP contribution in [0.15, 0.2) is 24.3 Å². The molecule has 0 aromatic heterocycles. The summed E-state index contributed by atoms with van der Waals surface area (Å²) < 4.78 is 0. The minimum Gasteiger partial charge on any atom is -0.314 e. The molecule has 1 aliphatic carbocycles. The van der Waals surface area contributed by atoms with Crippen molar-refractivity contribution in [1.29, 1.82) is 0 Å². The molecule has 1 N–H and O–H groups in total. The van der Waals surface area contributed by atoms with E-state index in [1.54, 1.807) is 0 Å². The number of aryl methyl sites for hydroxylation is 1. The van der Waals surface area contributed by atoms with Crippen LogP contribution in [0, 0.1) is 12.8 Å². The Balaban J connectivity index is 1.81. The molecule has 2 fully saturated rings. The molecule has 1 heterocycles. The fraction of sp³-hybridized carbons (Fsp3) is 0.625. The highest BCUT2D eigenvalue weighted by Crippen LogP contribution is 2.41. The summed E-state index contributed by atoms with van der Waals surface area (Å²) in [5.74, 6) is 0.894. The molecule has 0 amide bonds. The number of rotatable bonds is 3. The van der Waals surface area contributed by atoms with E-state index in [0.717, 1.165) is 19.0 Å². The van der Waals surface area contributed by atoms with E-state index in [-0.39, 0.29) is 0 Å². The summed E-state index contributed by atoms with van der Waals surface area (Å²) in [6.45, 7) is 6.88. The summed E-state index contributed by atoms with van der Waals surface area (Å²) >= 11 is 0. The fourth-order valence-electron chi connectivity index (χ4n) is 3.26. The lowest BCUT2D eigenvalue weighted by Crippen LogP contribution is -2.47. The fourth-order valence-corrected chi connectivity index (χ4v) is 3.26. The van der Waals surface area contributed by atoms with Gasteiger partial charge in [-0.15, -0.1) is 0 Å². The highest BCUT2D eigenvalue weighted by molar-refractivity contribution is 5.25. The monoisotopic (exact) mass is 244 g/mol. The average Bonchev–Trinajstić information content (AvgIpc) is 2.36. The molecular formula is C16H24N2. The molecule has 98 valence electrons. The summed E-state index contributed by atoms with van der Waals surface area (Å²) in [5, 5.41) is 3.46. The van der Waals surface area contributed by atoms with Crippen LogP contribution in [0.4, 0.5) is 0 Å². The highest BCUT2D eigenvalue weighted by Gasteiger charge is 2.33. The molecule has 1 saturated heterocycles. The van der Waals surface area contributed by atoms with Crippen LogP contribution in [-0.2, 0) is 0 Å². The van der Waals surface area contributed by atoms with Crippen LogP contribution in [0.2, 0.25) is 0 Å². The molecule has 2 heteroatoms. The smallest absolute Gasteiger partial charge is 0.0377 e. The normalized spacial score (nSPS) is 23.6. The minimum absolute atomic E-state index is 0.668. The Labute approximate surface area is 110 Å². The molecule has 1 saturated carbocycles. The van der Waals surface area contributed by atoms with Gasteiger partial charge in [-0.25, -0.2) is 0 Å². The van der Waals surface area contributed by atoms with Crippen molar-refractivity contribution in [2.75, 3.05) is 26.2 Å². The van der Waals surface area contributed by atoms with E-state index < -0.39 is 0 Å². The van der Waals surface area contributed by atoms with E-state index in [1.807, 2.05) is 0 Å². The molecule has 2 aliphatic rings. The Morgan fingerprint density at radius 3 is 2.33 bits per heavy atom. The van der Waals surface area contributed by atoms with Crippen LogP contribution >= 0.6 is 0 Å². The predicted octanol–water partition coefficient (Wildman–Crippen LogP) is 2.74. The number of piperazine rings is 1. The molecule has 1 aromatic rings. The Morgan fingerprint density at radius 1 is 1.11 bits per heavy atom. The molecule has 1 aliphatic heterocycles. The van der Waals surface area contributed by atoms with Gasteiger partial charge in [0.15, 0.2) is 0 Å². The standard InChI is InChI=1S/C16H24N2/c1-13-5-7-15(8-6-13)16(14-3-2-4-14)18-11-9-17-10-12-18/h5-8,14,16-17H,2-4,9-12H2,1H3. The second-order valence-electron chi connectivity index (χ2n) is 5.83. The van der Waals surface area contributed by atoms with Gasteiger partial charge in [0, 0.05) is 32.2 Å². The van der Waals surface area contributed by atoms with Gasteiger partial charge in [-0.05, 0) is 31.2 Å². The Bertz CT molecular complexity index is 375. The molecule has 2 nitrogen and oxygen atoms in total. The van der Waals surface area contributed by atoms with Crippen LogP contribution in [-0.4, -0.2) is 31.1 Å². The van der Waals surface area contributed by atoms with Crippen LogP contribution in [0.1, 0.15) is 36.4 Å². The molecule has 18 heavy (non-hydrogen) atoms. The quantitative estimate of drug-likeness (QED) is 0.879. The van der Waals surface area contributed by atoms with Crippen molar-refractivity contribution in [2.24, 2.45) is 5.92 Å². The first kappa shape index (κ1) is 12.2. The van der Waals surface area contributed by atoms with Gasteiger partial charge in [0.25, 0.3) is 0 Å². The van der Waals surface area contributed by atoms with Gasteiger partial charge in [0.2, 0.25) is 0 Å². The van der Waals surface area contributed by atoms with Crippen molar-refractivity contribution in [3.8, 4) is 0 Å². The summed E-state index contributed by atoms with van der Waals surface area (Å²) in [4.78, 5) is 2.70. The molecular weight excluding hydrogens is 220 g/mol. The van der Waals surface area contributed by atoms with E-state index in [4.69, 9.17) is 0 Å². The van der Waals surface area contributed by atoms with Crippen molar-refractivity contribution in [1.82, 2.24) is 10.2 Å². The number of benzene rings is 1. The largest absolute Gasteiger partial charge is 0.314 e. The summed E-state index contributed by atoms with van der Waals surface area (Å²) in [6.07, 6.45) is 4.27. The van der Waals surface area contributed by atoms with Gasteiger partial charge in [-0.1, -0.05) is 36.2 Å². The number of nitrogens with one attached hydrogen (secondary N) is 1. The molecule has 3 rings (SSSR count). The lowest BCUT2D eigenvalue weighted by atomic mass is 9.76. The topological polar surface area (TPSA) is 15.3 Å². The highest BCUT2D eigenvalue weighted by atomic mass is 15.2. The van der Waals surface area contributed by atoms with Gasteiger partial charge in [0.05, 0.1) is 0 Å². The van der Waals surface area contributed by atoms with Gasteiger partial charge < -0.3 is 5.32 Å². The van der Waals surface area contributed by atoms with Crippen LogP contribution in [0.25, 0.3) is 0 Å². The molecule has 1 atom stereocenters. The van der Waals surface area contributed by atoms with Crippen molar-refractivity contribution in [3.05, 3.63) is 35.4 Å². The Morgan fingerprint density at radius 2 is 1.78 bits per heavy atom. The molecule has 1 aromatic carbocycles. The van der Waals surface area contributed by atoms with Gasteiger partial charge >= 0.3 is 0 Å². The molecule has 0 spiro atoms. The Hall–Kier alpha value is -0.860. The SMILES string of the molecule is Cc1ccc(C(C2CCC2)N2CCNCC2)cc1. The van der Waals surface area contributed by atoms with Gasteiger partial charge in [-0.2, -0.15) is 0 Å². The third kappa shape index (κ3) is 2.45. The zero-order chi connectivity index (χ0) is 12.4. The zero-order valence-corrected chi connectivity index (χ0v) is 11.4. The first-order valence-corrected chi connectivity index (χ1v) is 7.36. The summed E-state index contributed by atoms with van der Waals surface area (Å²) in [7, 11) is 0. The van der Waals surface area contributed by atoms with E-state index in [9.17, 15) is 0 Å². The van der Waals surface area contributed by atoms with Crippen LogP contribution in [0.3, 0.4) is 0 Å². The number of hydrogen-bond donors (Lipinski definition) is 1. The zero-order valence-electron chi connectivity index (χ0n) is 11.4. The maximum Gasteiger partial charge on any atom is 0.0377 e. The van der Waals surface area contributed by atoms with Crippen molar-refractivity contribution < 1.29 is 0 Å². The maximum absolute atomic E-state index is 3.46. The summed E-state index contributed by atoms with van der Waals surface area (Å²) in [6, 6.07) is 9.90. The first-order chi connectivity index (χ1) is 8.84. The first-order valence-electron chi connectivity index (χ1n) is 7.36. The minimum atomic E-state index is 0.668. The van der Waals surface area contributed by atoms with Crippen LogP contribution < -0.4 is 5.32 Å². The van der Waals surface area contributed by atoms with Gasteiger partial charge in [0.1, 0.15) is 0 Å². The maximum atomic E-state index is 3.46. The number of nitrogens with zero attached hydrogens (tertiary/aromatic N) is 1. The third-order valence-corrected chi connectivity index (χ3v) is 4.56. The van der Waals surface area contributed by atoms with E-state index in [1.165, 1.54) is 43.5 Å². The van der Waals surface area contributed by atoms with Crippen molar-refractivity contribution >= 4 is 0 Å². The van der Waals surface area contributed by atoms with E-state index >= 15 is 0 Å². The van der Waals surface area contributed by atoms with Gasteiger partial charge in [-0.3, -0.25) is 4.90 Å². The lowest BCUT2D eigenvalue weighted by Gasteiger charge is -2.43. The predicted molar refractivity (Wildman–Crippen MR) is 75.7 cm³/mol. The lowest BCUT2D eigenvalue weighted by molar-refractivity contribution is 0.0837. The van der Waals surface area contributed by atoms with Crippen molar-refractivity contribution in [2.45, 2.75) is 32.2 Å². The summed E-state index contributed by atoms with van der Waals surface area (Å²) in [5.41, 5.74) is 2.90. The molecule has 0 radical (unpaired) electrons. The second kappa shape index (κ2) is 5.41.